The molecular weight excluding hydrogens is 290 g/mol. The largest absolute Gasteiger partial charge is 0.379 e. The first-order valence-corrected chi connectivity index (χ1v) is 8.68. The number of aromatic nitrogens is 2. The van der Waals surface area contributed by atoms with Crippen molar-refractivity contribution < 1.29 is 9.47 Å². The molecule has 0 amide bonds. The van der Waals surface area contributed by atoms with Crippen LogP contribution in [0.5, 0.6) is 0 Å². The van der Waals surface area contributed by atoms with Crippen molar-refractivity contribution in [3.63, 3.8) is 0 Å². The zero-order chi connectivity index (χ0) is 15.9. The molecule has 0 spiro atoms. The Morgan fingerprint density at radius 3 is 2.70 bits per heavy atom. The number of hydrogen-bond acceptors (Lipinski definition) is 4. The fourth-order valence-corrected chi connectivity index (χ4v) is 3.23. The molecule has 5 heteroatoms. The Hall–Kier alpha value is -1.43. The Morgan fingerprint density at radius 1 is 1.09 bits per heavy atom. The lowest BCUT2D eigenvalue weighted by molar-refractivity contribution is 0.0385. The van der Waals surface area contributed by atoms with Crippen LogP contribution in [0.25, 0.3) is 10.9 Å². The van der Waals surface area contributed by atoms with E-state index < -0.39 is 0 Å². The third kappa shape index (κ3) is 4.31. The highest BCUT2D eigenvalue weighted by Gasteiger charge is 2.21. The van der Waals surface area contributed by atoms with Gasteiger partial charge >= 0.3 is 0 Å². The van der Waals surface area contributed by atoms with E-state index in [1.54, 1.807) is 0 Å². The number of hydrogen-bond donors (Lipinski definition) is 0. The SMILES string of the molecule is CCOCCOCCN1CCC(n2ncc3ccccc32)CC1. The van der Waals surface area contributed by atoms with Gasteiger partial charge in [0.2, 0.25) is 0 Å². The van der Waals surface area contributed by atoms with Gasteiger partial charge in [-0.15, -0.1) is 0 Å². The minimum absolute atomic E-state index is 0.519. The molecule has 0 aliphatic carbocycles. The van der Waals surface area contributed by atoms with E-state index in [9.17, 15) is 0 Å². The van der Waals surface area contributed by atoms with Crippen LogP contribution in [-0.2, 0) is 9.47 Å². The number of fused-ring (bicyclic) bond motifs is 1. The molecule has 3 rings (SSSR count). The first-order chi connectivity index (χ1) is 11.4. The number of likely N-dealkylation sites (tertiary alicyclic amines) is 1. The maximum Gasteiger partial charge on any atom is 0.0701 e. The summed E-state index contributed by atoms with van der Waals surface area (Å²) in [6, 6.07) is 8.98. The van der Waals surface area contributed by atoms with Crippen molar-refractivity contribution in [2.45, 2.75) is 25.8 Å². The molecule has 2 aromatic rings. The van der Waals surface area contributed by atoms with Crippen LogP contribution >= 0.6 is 0 Å². The molecule has 126 valence electrons. The van der Waals surface area contributed by atoms with Crippen LogP contribution in [0.1, 0.15) is 25.8 Å². The van der Waals surface area contributed by atoms with Crippen molar-refractivity contribution >= 4 is 10.9 Å². The highest BCUT2D eigenvalue weighted by atomic mass is 16.5. The molecule has 5 nitrogen and oxygen atoms in total. The number of piperidine rings is 1. The Labute approximate surface area is 138 Å². The fourth-order valence-electron chi connectivity index (χ4n) is 3.23. The zero-order valence-electron chi connectivity index (χ0n) is 14.0. The van der Waals surface area contributed by atoms with Crippen molar-refractivity contribution in [1.29, 1.82) is 0 Å². The van der Waals surface area contributed by atoms with Crippen molar-refractivity contribution in [1.82, 2.24) is 14.7 Å². The molecule has 2 heterocycles. The molecule has 1 fully saturated rings. The quantitative estimate of drug-likeness (QED) is 0.702. The third-order valence-corrected chi connectivity index (χ3v) is 4.54. The topological polar surface area (TPSA) is 39.5 Å². The first kappa shape index (κ1) is 16.4. The highest BCUT2D eigenvalue weighted by molar-refractivity contribution is 5.78. The molecule has 1 aliphatic heterocycles. The van der Waals surface area contributed by atoms with Gasteiger partial charge in [0.25, 0.3) is 0 Å². The molecule has 1 aliphatic rings. The molecule has 0 atom stereocenters. The van der Waals surface area contributed by atoms with E-state index in [-0.39, 0.29) is 0 Å². The van der Waals surface area contributed by atoms with Crippen LogP contribution < -0.4 is 0 Å². The van der Waals surface area contributed by atoms with E-state index >= 15 is 0 Å². The molecule has 23 heavy (non-hydrogen) atoms. The summed E-state index contributed by atoms with van der Waals surface area (Å²) in [5, 5.41) is 5.84. The van der Waals surface area contributed by atoms with Crippen LogP contribution in [0, 0.1) is 0 Å². The average molecular weight is 317 g/mol. The van der Waals surface area contributed by atoms with Crippen molar-refractivity contribution in [2.75, 3.05) is 46.1 Å². The predicted octanol–water partition coefficient (Wildman–Crippen LogP) is 2.73. The van der Waals surface area contributed by atoms with E-state index in [1.165, 1.54) is 10.9 Å². The maximum absolute atomic E-state index is 5.61. The molecule has 0 unspecified atom stereocenters. The van der Waals surface area contributed by atoms with Gasteiger partial charge in [0, 0.05) is 31.6 Å². The smallest absolute Gasteiger partial charge is 0.0701 e. The third-order valence-electron chi connectivity index (χ3n) is 4.54. The summed E-state index contributed by atoms with van der Waals surface area (Å²) in [4.78, 5) is 2.49. The average Bonchev–Trinajstić information content (AvgIpc) is 3.03. The van der Waals surface area contributed by atoms with Crippen LogP contribution in [-0.4, -0.2) is 60.7 Å². The summed E-state index contributed by atoms with van der Waals surface area (Å²) in [6.07, 6.45) is 4.29. The zero-order valence-corrected chi connectivity index (χ0v) is 14.0. The maximum atomic E-state index is 5.61. The summed E-state index contributed by atoms with van der Waals surface area (Å²) in [5.41, 5.74) is 1.25. The van der Waals surface area contributed by atoms with Crippen molar-refractivity contribution in [3.05, 3.63) is 30.5 Å². The van der Waals surface area contributed by atoms with Gasteiger partial charge in [-0.1, -0.05) is 18.2 Å². The number of benzene rings is 1. The summed E-state index contributed by atoms with van der Waals surface area (Å²) in [6.45, 7) is 8.21. The summed E-state index contributed by atoms with van der Waals surface area (Å²) in [5.74, 6) is 0. The minimum atomic E-state index is 0.519. The van der Waals surface area contributed by atoms with E-state index in [2.05, 4.69) is 38.9 Å². The fraction of sp³-hybridized carbons (Fsp3) is 0.611. The monoisotopic (exact) mass is 317 g/mol. The molecular formula is C18H27N3O2. The van der Waals surface area contributed by atoms with Crippen LogP contribution in [0.15, 0.2) is 30.5 Å². The van der Waals surface area contributed by atoms with Gasteiger partial charge in [0.05, 0.1) is 37.6 Å². The lowest BCUT2D eigenvalue weighted by Gasteiger charge is -2.32. The van der Waals surface area contributed by atoms with Gasteiger partial charge in [0.1, 0.15) is 0 Å². The molecule has 1 aromatic heterocycles. The second kappa shape index (κ2) is 8.43. The molecule has 0 radical (unpaired) electrons. The Kier molecular flexibility index (Phi) is 6.02. The number of ether oxygens (including phenoxy) is 2. The van der Waals surface area contributed by atoms with E-state index in [0.29, 0.717) is 19.3 Å². The predicted molar refractivity (Wildman–Crippen MR) is 91.8 cm³/mol. The van der Waals surface area contributed by atoms with E-state index in [1.807, 2.05) is 13.1 Å². The van der Waals surface area contributed by atoms with Crippen molar-refractivity contribution in [2.24, 2.45) is 0 Å². The molecule has 0 N–H and O–H groups in total. The molecule has 1 saturated heterocycles. The molecule has 0 bridgehead atoms. The van der Waals surface area contributed by atoms with Gasteiger partial charge in [0.15, 0.2) is 0 Å². The van der Waals surface area contributed by atoms with Gasteiger partial charge in [-0.25, -0.2) is 0 Å². The van der Waals surface area contributed by atoms with Gasteiger partial charge < -0.3 is 14.4 Å². The molecule has 1 aromatic carbocycles. The van der Waals surface area contributed by atoms with Crippen LogP contribution in [0.3, 0.4) is 0 Å². The lowest BCUT2D eigenvalue weighted by Crippen LogP contribution is -2.37. The minimum Gasteiger partial charge on any atom is -0.379 e. The number of nitrogens with zero attached hydrogens (tertiary/aromatic N) is 3. The standard InChI is InChI=1S/C18H27N3O2/c1-2-22-13-14-23-12-11-20-9-7-17(8-10-20)21-18-6-4-3-5-16(18)15-19-21/h3-6,15,17H,2,7-14H2,1H3. The lowest BCUT2D eigenvalue weighted by atomic mass is 10.1. The van der Waals surface area contributed by atoms with E-state index in [4.69, 9.17) is 9.47 Å². The second-order valence-electron chi connectivity index (χ2n) is 6.03. The Morgan fingerprint density at radius 2 is 1.87 bits per heavy atom. The summed E-state index contributed by atoms with van der Waals surface area (Å²) < 4.78 is 13.1. The highest BCUT2D eigenvalue weighted by Crippen LogP contribution is 2.25. The van der Waals surface area contributed by atoms with Crippen molar-refractivity contribution in [3.8, 4) is 0 Å². The van der Waals surface area contributed by atoms with Gasteiger partial charge in [-0.05, 0) is 25.8 Å². The van der Waals surface area contributed by atoms with Gasteiger partial charge in [-0.2, -0.15) is 5.10 Å². The van der Waals surface area contributed by atoms with E-state index in [0.717, 1.165) is 45.7 Å². The van der Waals surface area contributed by atoms with Crippen LogP contribution in [0.4, 0.5) is 0 Å². The van der Waals surface area contributed by atoms with Crippen LogP contribution in [0.2, 0.25) is 0 Å². The number of para-hydroxylation sites is 1. The Balaban J connectivity index is 1.42. The van der Waals surface area contributed by atoms with Gasteiger partial charge in [-0.3, -0.25) is 4.68 Å². The Bertz CT molecular complexity index is 591. The first-order valence-electron chi connectivity index (χ1n) is 8.68. The number of rotatable bonds is 8. The normalized spacial score (nSPS) is 17.1. The summed E-state index contributed by atoms with van der Waals surface area (Å²) >= 11 is 0. The second-order valence-corrected chi connectivity index (χ2v) is 6.03. The molecule has 0 saturated carbocycles. The summed E-state index contributed by atoms with van der Waals surface area (Å²) in [7, 11) is 0.